The van der Waals surface area contributed by atoms with E-state index in [1.54, 1.807) is 62.8 Å². The first-order chi connectivity index (χ1) is 31.1. The molecule has 4 aromatic carbocycles. The lowest BCUT2D eigenvalue weighted by Crippen LogP contribution is -2.31. The van der Waals surface area contributed by atoms with Crippen LogP contribution in [0.25, 0.3) is 0 Å². The Kier molecular flexibility index (Phi) is 17.6. The maximum absolute atomic E-state index is 12.5. The van der Waals surface area contributed by atoms with Crippen LogP contribution in [0.1, 0.15) is 87.8 Å². The predicted molar refractivity (Wildman–Crippen MR) is 272 cm³/mol. The Balaban J connectivity index is 0.000000246. The van der Waals surface area contributed by atoms with Crippen LogP contribution in [0.2, 0.25) is 0 Å². The smallest absolute Gasteiger partial charge is 0.238 e. The highest BCUT2D eigenvalue weighted by Gasteiger charge is 2.28. The average Bonchev–Trinajstić information content (AvgIpc) is 3.22. The fourth-order valence-corrected chi connectivity index (χ4v) is 8.37. The third-order valence-corrected chi connectivity index (χ3v) is 11.9. The number of ketones is 2. The van der Waals surface area contributed by atoms with Gasteiger partial charge in [0.2, 0.25) is 21.8 Å². The Morgan fingerprint density at radius 1 is 0.672 bits per heavy atom. The van der Waals surface area contributed by atoms with E-state index < -0.39 is 19.9 Å². The summed E-state index contributed by atoms with van der Waals surface area (Å²) >= 11 is 2.16. The molecule has 0 saturated carbocycles. The summed E-state index contributed by atoms with van der Waals surface area (Å²) in [5, 5.41) is 0. The molecule has 352 valence electrons. The second kappa shape index (κ2) is 22.1. The van der Waals surface area contributed by atoms with Gasteiger partial charge in [-0.3, -0.25) is 33.7 Å². The van der Waals surface area contributed by atoms with Crippen molar-refractivity contribution in [2.45, 2.75) is 71.0 Å². The molecule has 13 nitrogen and oxygen atoms in total. The van der Waals surface area contributed by atoms with Gasteiger partial charge in [0.15, 0.2) is 21.4 Å². The molecule has 4 aromatic rings. The minimum atomic E-state index is -3.14. The summed E-state index contributed by atoms with van der Waals surface area (Å²) < 4.78 is 59.1. The van der Waals surface area contributed by atoms with E-state index in [1.807, 2.05) is 65.8 Å². The van der Waals surface area contributed by atoms with Gasteiger partial charge in [0.05, 0.1) is 61.6 Å². The monoisotopic (exact) mass is 1060 g/mol. The number of terminal acetylenes is 1. The molecule has 0 atom stereocenters. The summed E-state index contributed by atoms with van der Waals surface area (Å²) in [5.74, 6) is 9.11. The fraction of sp³-hybridized carbons (Fsp3) is 0.294. The van der Waals surface area contributed by atoms with Crippen LogP contribution in [-0.2, 0) is 55.6 Å². The summed E-state index contributed by atoms with van der Waals surface area (Å²) in [7, 11) is -3.09. The Labute approximate surface area is 408 Å². The van der Waals surface area contributed by atoms with Crippen LogP contribution >= 0.6 is 22.6 Å². The highest BCUT2D eigenvalue weighted by Crippen LogP contribution is 2.39. The zero-order valence-corrected chi connectivity index (χ0v) is 42.9. The van der Waals surface area contributed by atoms with E-state index in [1.165, 1.54) is 40.6 Å². The first-order valence-electron chi connectivity index (χ1n) is 20.6. The molecule has 0 unspecified atom stereocenters. The van der Waals surface area contributed by atoms with E-state index in [-0.39, 0.29) is 52.8 Å². The van der Waals surface area contributed by atoms with E-state index in [0.29, 0.717) is 45.3 Å². The molecule has 0 bridgehead atoms. The molecule has 0 fully saturated rings. The number of ether oxygens (including phenoxy) is 2. The number of carbonyl (C=O) groups is 4. The zero-order chi connectivity index (χ0) is 50.1. The molecule has 2 amide bonds. The molecule has 2 aliphatic rings. The lowest BCUT2D eigenvalue weighted by molar-refractivity contribution is -0.126. The van der Waals surface area contributed by atoms with Crippen molar-refractivity contribution in [2.24, 2.45) is 0 Å². The van der Waals surface area contributed by atoms with E-state index >= 15 is 0 Å². The zero-order valence-electron chi connectivity index (χ0n) is 39.1. The molecular weight excluding hydrogens is 1010 g/mol. The SMILES string of the molecule is C#Cc1cc(N2C=CC(=O)CC2=O)cc(C(C)(C)C)c1OC.COc1c(C#Cc2ccc(CS(C)(=O)=O)cc2)cc(N2C=CC(=O)CC2=O)cc1C(C)(C)C.CS(=O)(=O)Nc1ccc(I)cc1. The molecule has 0 radical (unpaired) electrons. The van der Waals surface area contributed by atoms with Crippen molar-refractivity contribution >= 4 is 82.9 Å². The average molecular weight is 1060 g/mol. The number of benzene rings is 4. The topological polar surface area (TPSA) is 174 Å². The van der Waals surface area contributed by atoms with Gasteiger partial charge in [0, 0.05) is 44.6 Å². The van der Waals surface area contributed by atoms with Crippen LogP contribution < -0.4 is 24.0 Å². The molecule has 0 aliphatic carbocycles. The molecule has 2 heterocycles. The number of methoxy groups -OCH3 is 2. The number of anilines is 3. The number of carbonyl (C=O) groups excluding carboxylic acids is 4. The second-order valence-electron chi connectivity index (χ2n) is 17.6. The predicted octanol–water partition coefficient (Wildman–Crippen LogP) is 8.21. The number of nitrogens with zero attached hydrogens (tertiary/aromatic N) is 2. The van der Waals surface area contributed by atoms with Gasteiger partial charge in [-0.2, -0.15) is 0 Å². The van der Waals surface area contributed by atoms with Crippen LogP contribution in [0.15, 0.2) is 97.3 Å². The summed E-state index contributed by atoms with van der Waals surface area (Å²) in [5.41, 5.74) is 5.77. The van der Waals surface area contributed by atoms with Gasteiger partial charge in [-0.1, -0.05) is 71.4 Å². The maximum atomic E-state index is 12.5. The molecule has 67 heavy (non-hydrogen) atoms. The Bertz CT molecular complexity index is 2950. The molecule has 2 aliphatic heterocycles. The summed E-state index contributed by atoms with van der Waals surface area (Å²) in [4.78, 5) is 50.4. The first kappa shape index (κ1) is 53.4. The van der Waals surface area contributed by atoms with Gasteiger partial charge < -0.3 is 9.47 Å². The van der Waals surface area contributed by atoms with Crippen LogP contribution in [0.3, 0.4) is 0 Å². The van der Waals surface area contributed by atoms with Crippen molar-refractivity contribution in [3.8, 4) is 35.7 Å². The minimum Gasteiger partial charge on any atom is -0.495 e. The summed E-state index contributed by atoms with van der Waals surface area (Å²) in [6.07, 6.45) is 13.4. The van der Waals surface area contributed by atoms with Crippen molar-refractivity contribution < 1.29 is 45.5 Å². The third-order valence-electron chi connectivity index (χ3n) is 9.76. The number of sulfone groups is 1. The van der Waals surface area contributed by atoms with Crippen molar-refractivity contribution in [1.29, 1.82) is 0 Å². The minimum absolute atomic E-state index is 0.0224. The van der Waals surface area contributed by atoms with Gasteiger partial charge in [-0.15, -0.1) is 6.42 Å². The van der Waals surface area contributed by atoms with Gasteiger partial charge in [-0.25, -0.2) is 16.8 Å². The highest BCUT2D eigenvalue weighted by atomic mass is 127. The largest absolute Gasteiger partial charge is 0.495 e. The van der Waals surface area contributed by atoms with Crippen molar-refractivity contribution in [2.75, 3.05) is 41.3 Å². The van der Waals surface area contributed by atoms with Crippen LogP contribution in [-0.4, -0.2) is 66.9 Å². The molecule has 0 saturated heterocycles. The Morgan fingerprint density at radius 2 is 1.12 bits per heavy atom. The normalized spacial score (nSPS) is 13.9. The third kappa shape index (κ3) is 15.7. The number of allylic oxidation sites excluding steroid dienone is 2. The number of halogens is 1. The maximum Gasteiger partial charge on any atom is 0.238 e. The Hall–Kier alpha value is -6.21. The molecule has 16 heteroatoms. The van der Waals surface area contributed by atoms with Crippen molar-refractivity contribution in [1.82, 2.24) is 0 Å². The lowest BCUT2D eigenvalue weighted by atomic mass is 9.84. The quantitative estimate of drug-likeness (QED) is 0.103. The summed E-state index contributed by atoms with van der Waals surface area (Å²) in [6, 6.07) is 21.5. The van der Waals surface area contributed by atoms with Gasteiger partial charge in [0.25, 0.3) is 0 Å². The van der Waals surface area contributed by atoms with E-state index in [9.17, 15) is 36.0 Å². The molecule has 6 rings (SSSR count). The second-order valence-corrected chi connectivity index (χ2v) is 22.8. The molecule has 1 N–H and O–H groups in total. The van der Waals surface area contributed by atoms with E-state index in [4.69, 9.17) is 15.9 Å². The fourth-order valence-electron chi connectivity index (χ4n) is 6.65. The van der Waals surface area contributed by atoms with Crippen molar-refractivity contribution in [3.63, 3.8) is 0 Å². The first-order valence-corrected chi connectivity index (χ1v) is 25.7. The number of nitrogens with one attached hydrogen (secondary N) is 1. The van der Waals surface area contributed by atoms with Gasteiger partial charge >= 0.3 is 0 Å². The number of amides is 2. The van der Waals surface area contributed by atoms with Crippen molar-refractivity contribution in [3.05, 3.63) is 134 Å². The van der Waals surface area contributed by atoms with Crippen LogP contribution in [0.4, 0.5) is 17.1 Å². The highest BCUT2D eigenvalue weighted by molar-refractivity contribution is 14.1. The number of sulfonamides is 1. The lowest BCUT2D eigenvalue weighted by Gasteiger charge is -2.27. The molecule has 0 aromatic heterocycles. The van der Waals surface area contributed by atoms with Crippen LogP contribution in [0, 0.1) is 27.8 Å². The van der Waals surface area contributed by atoms with Crippen LogP contribution in [0.5, 0.6) is 11.5 Å². The number of hydrogen-bond acceptors (Lipinski definition) is 10. The number of rotatable bonds is 8. The van der Waals surface area contributed by atoms with E-state index in [0.717, 1.165) is 26.5 Å². The van der Waals surface area contributed by atoms with E-state index in [2.05, 4.69) is 45.1 Å². The van der Waals surface area contributed by atoms with Gasteiger partial charge in [0.1, 0.15) is 11.5 Å². The molecular formula is C51H54IN3O10S2. The summed E-state index contributed by atoms with van der Waals surface area (Å²) in [6.45, 7) is 12.3. The van der Waals surface area contributed by atoms with Gasteiger partial charge in [-0.05, 0) is 112 Å². The standard InChI is InChI=1S/C26H27NO5S.C18H19NO3.C7H8INO2S/c1-26(2,3)23-15-21(27-13-12-22(28)16-24(27)29)14-20(25(23)32-4)11-10-18-6-8-19(9-7-18)17-33(5,30)31;1-6-12-9-13(19-8-7-14(20)11-16(19)21)10-15(17(12)22-5)18(2,3)4;1-12(10,11)9-7-4-2-6(8)3-5-7/h6-9,12-15H,16-17H2,1-5H3;1,7-10H,11H2,2-5H3;2-5,9H,1H3. The number of hydrogen-bond donors (Lipinski definition) is 1. The Morgan fingerprint density at radius 3 is 1.51 bits per heavy atom. The molecule has 0 spiro atoms.